The topological polar surface area (TPSA) is 108 Å². The molecule has 0 spiro atoms. The van der Waals surface area contributed by atoms with Gasteiger partial charge in [0.25, 0.3) is 5.91 Å². The van der Waals surface area contributed by atoms with Gasteiger partial charge in [0.2, 0.25) is 0 Å². The lowest BCUT2D eigenvalue weighted by atomic mass is 10.1. The first-order valence-electron chi connectivity index (χ1n) is 11.0. The van der Waals surface area contributed by atoms with Crippen LogP contribution in [0, 0.1) is 0 Å². The van der Waals surface area contributed by atoms with Crippen molar-refractivity contribution in [3.05, 3.63) is 95.0 Å². The summed E-state index contributed by atoms with van der Waals surface area (Å²) in [5, 5.41) is 19.9. The predicted octanol–water partition coefficient (Wildman–Crippen LogP) is 4.73. The van der Waals surface area contributed by atoms with Gasteiger partial charge in [-0.25, -0.2) is 9.97 Å². The minimum absolute atomic E-state index is 0.0489. The van der Waals surface area contributed by atoms with Crippen molar-refractivity contribution >= 4 is 29.0 Å². The number of nitrogens with zero attached hydrogens (tertiary/aromatic N) is 2. The van der Waals surface area contributed by atoms with Crippen LogP contribution in [0.15, 0.2) is 84.3 Å². The number of ether oxygens (including phenoxy) is 1. The van der Waals surface area contributed by atoms with E-state index in [0.717, 1.165) is 31.5 Å². The molecule has 0 bridgehead atoms. The molecular formula is C25H26ClN5O3. The number of hydrogen-bond donors (Lipinski definition) is 4. The molecule has 176 valence electrons. The first-order valence-corrected chi connectivity index (χ1v) is 11.4. The second-order valence-electron chi connectivity index (χ2n) is 7.90. The third kappa shape index (κ3) is 6.03. The van der Waals surface area contributed by atoms with Crippen molar-refractivity contribution in [1.82, 2.24) is 15.3 Å². The Hall–Kier alpha value is -3.62. The minimum atomic E-state index is -0.427. The summed E-state index contributed by atoms with van der Waals surface area (Å²) in [6.45, 7) is 5.96. The second kappa shape index (κ2) is 11.0. The molecular weight excluding hydrogens is 454 g/mol. The highest BCUT2D eigenvalue weighted by Gasteiger charge is 2.21. The number of amides is 1. The summed E-state index contributed by atoms with van der Waals surface area (Å²) in [6.07, 6.45) is 10.4. The zero-order chi connectivity index (χ0) is 23.9. The van der Waals surface area contributed by atoms with Crippen LogP contribution in [0.5, 0.6) is 0 Å². The van der Waals surface area contributed by atoms with Crippen LogP contribution < -0.4 is 16.0 Å². The standard InChI is InChI=1S/C25H26ClN5O3/c1-16(20-5-2-4-18(32)14-22(20)34-19-9-12-27-13-10-19)30-21-6-3-11-28-24(21)25(33)31-23-8-7-17(26)15-29-23/h2-4,6-8,11,14-15,19,27,30,32H,1,5,9-10,12-13H2,(H,29,31,33). The number of aliphatic hydroxyl groups is 1. The van der Waals surface area contributed by atoms with Crippen LogP contribution in [0.2, 0.25) is 5.02 Å². The van der Waals surface area contributed by atoms with E-state index in [4.69, 9.17) is 16.3 Å². The average molecular weight is 480 g/mol. The minimum Gasteiger partial charge on any atom is -0.508 e. The molecule has 3 heterocycles. The quantitative estimate of drug-likeness (QED) is 0.454. The zero-order valence-electron chi connectivity index (χ0n) is 18.6. The summed E-state index contributed by atoms with van der Waals surface area (Å²) in [6, 6.07) is 6.73. The third-order valence-corrected chi connectivity index (χ3v) is 5.63. The van der Waals surface area contributed by atoms with E-state index in [9.17, 15) is 9.90 Å². The highest BCUT2D eigenvalue weighted by Crippen LogP contribution is 2.28. The molecule has 2 aromatic rings. The average Bonchev–Trinajstić information content (AvgIpc) is 3.02. The number of hydrogen-bond acceptors (Lipinski definition) is 7. The van der Waals surface area contributed by atoms with Crippen LogP contribution in [0.3, 0.4) is 0 Å². The molecule has 8 nitrogen and oxygen atoms in total. The van der Waals surface area contributed by atoms with E-state index in [0.29, 0.717) is 34.4 Å². The molecule has 2 aliphatic rings. The van der Waals surface area contributed by atoms with E-state index < -0.39 is 5.91 Å². The first kappa shape index (κ1) is 23.5. The number of carbonyl (C=O) groups excluding carboxylic acids is 1. The lowest BCUT2D eigenvalue weighted by Crippen LogP contribution is -2.32. The third-order valence-electron chi connectivity index (χ3n) is 5.41. The molecule has 4 N–H and O–H groups in total. The van der Waals surface area contributed by atoms with Gasteiger partial charge in [-0.15, -0.1) is 0 Å². The van der Waals surface area contributed by atoms with Crippen LogP contribution >= 0.6 is 11.6 Å². The lowest BCUT2D eigenvalue weighted by molar-refractivity contribution is 0.0935. The van der Waals surface area contributed by atoms with Gasteiger partial charge >= 0.3 is 0 Å². The molecule has 0 saturated carbocycles. The zero-order valence-corrected chi connectivity index (χ0v) is 19.3. The number of allylic oxidation sites excluding steroid dienone is 4. The summed E-state index contributed by atoms with van der Waals surface area (Å²) < 4.78 is 6.27. The van der Waals surface area contributed by atoms with Gasteiger partial charge in [-0.2, -0.15) is 0 Å². The van der Waals surface area contributed by atoms with E-state index in [2.05, 4.69) is 32.5 Å². The van der Waals surface area contributed by atoms with Gasteiger partial charge in [0, 0.05) is 29.7 Å². The molecule has 1 fully saturated rings. The summed E-state index contributed by atoms with van der Waals surface area (Å²) in [7, 11) is 0. The van der Waals surface area contributed by atoms with E-state index in [1.54, 1.807) is 36.4 Å². The van der Waals surface area contributed by atoms with Crippen LogP contribution in [0.4, 0.5) is 11.5 Å². The Labute approximate surface area is 203 Å². The van der Waals surface area contributed by atoms with Crippen molar-refractivity contribution in [2.24, 2.45) is 0 Å². The Kier molecular flexibility index (Phi) is 7.61. The molecule has 1 amide bonds. The number of pyridine rings is 2. The molecule has 1 aliphatic carbocycles. The summed E-state index contributed by atoms with van der Waals surface area (Å²) >= 11 is 5.87. The van der Waals surface area contributed by atoms with E-state index in [1.807, 2.05) is 6.08 Å². The summed E-state index contributed by atoms with van der Waals surface area (Å²) in [5.41, 5.74) is 2.00. The van der Waals surface area contributed by atoms with Crippen molar-refractivity contribution in [2.45, 2.75) is 25.4 Å². The number of anilines is 2. The van der Waals surface area contributed by atoms with Gasteiger partial charge in [0.1, 0.15) is 23.4 Å². The Morgan fingerprint density at radius 2 is 2.03 bits per heavy atom. The van der Waals surface area contributed by atoms with Gasteiger partial charge in [-0.3, -0.25) is 4.79 Å². The second-order valence-corrected chi connectivity index (χ2v) is 8.34. The molecule has 0 radical (unpaired) electrons. The van der Waals surface area contributed by atoms with Crippen LogP contribution in [-0.4, -0.2) is 40.2 Å². The lowest BCUT2D eigenvalue weighted by Gasteiger charge is -2.26. The normalized spacial score (nSPS) is 16.4. The fourth-order valence-electron chi connectivity index (χ4n) is 3.69. The molecule has 1 saturated heterocycles. The summed E-state index contributed by atoms with van der Waals surface area (Å²) in [5.74, 6) is 0.611. The largest absolute Gasteiger partial charge is 0.508 e. The van der Waals surface area contributed by atoms with Crippen molar-refractivity contribution in [3.63, 3.8) is 0 Å². The van der Waals surface area contributed by atoms with Crippen LogP contribution in [0.25, 0.3) is 0 Å². The predicted molar refractivity (Wildman–Crippen MR) is 133 cm³/mol. The molecule has 0 atom stereocenters. The Morgan fingerprint density at radius 1 is 1.21 bits per heavy atom. The van der Waals surface area contributed by atoms with E-state index in [-0.39, 0.29) is 17.6 Å². The summed E-state index contributed by atoms with van der Waals surface area (Å²) in [4.78, 5) is 21.2. The maximum atomic E-state index is 12.9. The van der Waals surface area contributed by atoms with Crippen molar-refractivity contribution in [1.29, 1.82) is 0 Å². The van der Waals surface area contributed by atoms with Gasteiger partial charge in [-0.1, -0.05) is 24.3 Å². The van der Waals surface area contributed by atoms with Gasteiger partial charge in [0.05, 0.1) is 10.7 Å². The van der Waals surface area contributed by atoms with Crippen LogP contribution in [-0.2, 0) is 4.74 Å². The fourth-order valence-corrected chi connectivity index (χ4v) is 3.80. The van der Waals surface area contributed by atoms with Crippen molar-refractivity contribution in [3.8, 4) is 0 Å². The maximum absolute atomic E-state index is 12.9. The highest BCUT2D eigenvalue weighted by molar-refractivity contribution is 6.30. The number of carbonyl (C=O) groups is 1. The SMILES string of the molecule is C=C(Nc1cccnc1C(=O)Nc1ccc(Cl)cn1)C1=C(OC2CCNCC2)C=C(O)C=CC1. The van der Waals surface area contributed by atoms with Gasteiger partial charge in [0.15, 0.2) is 5.69 Å². The van der Waals surface area contributed by atoms with Gasteiger partial charge in [-0.05, 0) is 62.7 Å². The van der Waals surface area contributed by atoms with Crippen LogP contribution in [0.1, 0.15) is 29.8 Å². The number of aromatic nitrogens is 2. The highest BCUT2D eigenvalue weighted by atomic mass is 35.5. The molecule has 9 heteroatoms. The number of nitrogens with one attached hydrogen (secondary N) is 3. The Morgan fingerprint density at radius 3 is 2.79 bits per heavy atom. The molecule has 2 aromatic heterocycles. The number of piperidine rings is 1. The Balaban J connectivity index is 1.55. The molecule has 0 aromatic carbocycles. The Bertz CT molecular complexity index is 1150. The molecule has 1 aliphatic heterocycles. The fraction of sp³-hybridized carbons (Fsp3) is 0.240. The monoisotopic (exact) mass is 479 g/mol. The number of aliphatic hydroxyl groups excluding tert-OH is 1. The van der Waals surface area contributed by atoms with E-state index in [1.165, 1.54) is 12.4 Å². The number of rotatable bonds is 7. The van der Waals surface area contributed by atoms with Gasteiger partial charge < -0.3 is 25.8 Å². The molecule has 4 rings (SSSR count). The van der Waals surface area contributed by atoms with E-state index >= 15 is 0 Å². The molecule has 34 heavy (non-hydrogen) atoms. The smallest absolute Gasteiger partial charge is 0.277 e. The first-order chi connectivity index (χ1) is 16.5. The van der Waals surface area contributed by atoms with Crippen molar-refractivity contribution < 1.29 is 14.6 Å². The maximum Gasteiger partial charge on any atom is 0.277 e. The number of halogens is 1. The molecule has 0 unspecified atom stereocenters. The van der Waals surface area contributed by atoms with Crippen molar-refractivity contribution in [2.75, 3.05) is 23.7 Å².